The summed E-state index contributed by atoms with van der Waals surface area (Å²) in [4.78, 5) is 27.9. The van der Waals surface area contributed by atoms with Crippen LogP contribution in [0.2, 0.25) is 0 Å². The van der Waals surface area contributed by atoms with E-state index in [0.29, 0.717) is 31.9 Å². The number of nitrogens with one attached hydrogen (secondary N) is 1. The number of anilines is 1. The van der Waals surface area contributed by atoms with Crippen LogP contribution in [0.1, 0.15) is 28.4 Å². The Labute approximate surface area is 192 Å². The first-order chi connectivity index (χ1) is 16.0. The minimum atomic E-state index is -0.834. The molecule has 0 saturated carbocycles. The van der Waals surface area contributed by atoms with Crippen LogP contribution in [-0.4, -0.2) is 61.3 Å². The number of aliphatic hydroxyl groups is 1. The number of ether oxygens (including phenoxy) is 2. The number of carbonyl (C=O) groups is 2. The summed E-state index contributed by atoms with van der Waals surface area (Å²) in [7, 11) is 0. The number of morpholine rings is 1. The highest BCUT2D eigenvalue weighted by Gasteiger charge is 2.24. The highest BCUT2D eigenvalue weighted by Crippen LogP contribution is 2.19. The molecule has 0 aromatic heterocycles. The number of aliphatic hydroxyl groups excluding tert-OH is 1. The normalized spacial score (nSPS) is 14.7. The predicted octanol–water partition coefficient (Wildman–Crippen LogP) is 2.93. The molecule has 33 heavy (non-hydrogen) atoms. The summed E-state index contributed by atoms with van der Waals surface area (Å²) in [5.41, 5.74) is 1.80. The van der Waals surface area contributed by atoms with Gasteiger partial charge in [0.1, 0.15) is 11.4 Å². The third kappa shape index (κ3) is 6.95. The number of hydrogen-bond donors (Lipinski definition) is 2. The molecule has 2 aromatic rings. The quantitative estimate of drug-likeness (QED) is 0.187. The van der Waals surface area contributed by atoms with Crippen molar-refractivity contribution in [2.45, 2.75) is 19.9 Å². The van der Waals surface area contributed by atoms with Gasteiger partial charge in [0.2, 0.25) is 5.78 Å². The minimum Gasteiger partial charge on any atom is -0.462 e. The SMILES string of the molecule is CCOC(=O)/C(=C\Nc1cccc(CCO)c1)C(=O)c1cc(CN2CCOCC2)ccc1F. The van der Waals surface area contributed by atoms with E-state index in [1.54, 1.807) is 31.2 Å². The Balaban J connectivity index is 1.85. The van der Waals surface area contributed by atoms with E-state index in [4.69, 9.17) is 14.6 Å². The third-order valence-electron chi connectivity index (χ3n) is 5.24. The lowest BCUT2D eigenvalue weighted by atomic mass is 10.0. The second-order valence-electron chi connectivity index (χ2n) is 7.63. The van der Waals surface area contributed by atoms with E-state index < -0.39 is 17.6 Å². The van der Waals surface area contributed by atoms with E-state index in [2.05, 4.69) is 10.2 Å². The molecule has 176 valence electrons. The van der Waals surface area contributed by atoms with Crippen LogP contribution in [0.15, 0.2) is 54.2 Å². The lowest BCUT2D eigenvalue weighted by molar-refractivity contribution is -0.138. The molecule has 0 spiro atoms. The maximum Gasteiger partial charge on any atom is 0.343 e. The molecule has 1 heterocycles. The third-order valence-corrected chi connectivity index (χ3v) is 5.24. The molecule has 7 nitrogen and oxygen atoms in total. The second kappa shape index (κ2) is 12.2. The van der Waals surface area contributed by atoms with Crippen molar-refractivity contribution < 1.29 is 28.6 Å². The number of carbonyl (C=O) groups excluding carboxylic acids is 2. The smallest absolute Gasteiger partial charge is 0.343 e. The van der Waals surface area contributed by atoms with Crippen LogP contribution >= 0.6 is 0 Å². The van der Waals surface area contributed by atoms with Crippen LogP contribution in [-0.2, 0) is 27.2 Å². The minimum absolute atomic E-state index is 0.00588. The summed E-state index contributed by atoms with van der Waals surface area (Å²) < 4.78 is 25.0. The number of benzene rings is 2. The fourth-order valence-electron chi connectivity index (χ4n) is 3.53. The van der Waals surface area contributed by atoms with Crippen LogP contribution in [0.5, 0.6) is 0 Å². The van der Waals surface area contributed by atoms with E-state index in [0.717, 1.165) is 24.2 Å². The van der Waals surface area contributed by atoms with Gasteiger partial charge in [-0.15, -0.1) is 0 Å². The summed E-state index contributed by atoms with van der Waals surface area (Å²) in [6.45, 7) is 5.05. The molecule has 0 radical (unpaired) electrons. The molecule has 0 atom stereocenters. The number of nitrogens with zero attached hydrogens (tertiary/aromatic N) is 1. The molecule has 0 bridgehead atoms. The van der Waals surface area contributed by atoms with E-state index >= 15 is 0 Å². The number of halogens is 1. The summed E-state index contributed by atoms with van der Waals surface area (Å²) in [6.07, 6.45) is 1.72. The Morgan fingerprint density at radius 1 is 1.18 bits per heavy atom. The zero-order valence-corrected chi connectivity index (χ0v) is 18.7. The number of Topliss-reactive ketones (excluding diaryl/α,β-unsaturated/α-hetero) is 1. The van der Waals surface area contributed by atoms with Crippen molar-refractivity contribution in [1.82, 2.24) is 4.90 Å². The van der Waals surface area contributed by atoms with E-state index in [1.165, 1.54) is 18.3 Å². The van der Waals surface area contributed by atoms with Crippen molar-refractivity contribution in [2.24, 2.45) is 0 Å². The average molecular weight is 457 g/mol. The molecule has 0 aliphatic carbocycles. The Bertz CT molecular complexity index is 1000. The first kappa shape index (κ1) is 24.6. The van der Waals surface area contributed by atoms with Crippen molar-refractivity contribution in [3.8, 4) is 0 Å². The largest absolute Gasteiger partial charge is 0.462 e. The fourth-order valence-corrected chi connectivity index (χ4v) is 3.53. The predicted molar refractivity (Wildman–Crippen MR) is 122 cm³/mol. The molecule has 8 heteroatoms. The molecule has 1 fully saturated rings. The van der Waals surface area contributed by atoms with E-state index in [9.17, 15) is 14.0 Å². The Morgan fingerprint density at radius 2 is 1.97 bits per heavy atom. The molecular formula is C25H29FN2O5. The molecule has 0 amide bonds. The first-order valence-corrected chi connectivity index (χ1v) is 11.0. The number of rotatable bonds is 10. The van der Waals surface area contributed by atoms with Gasteiger partial charge in [-0.2, -0.15) is 0 Å². The van der Waals surface area contributed by atoms with Crippen LogP contribution in [0.3, 0.4) is 0 Å². The summed E-state index contributed by atoms with van der Waals surface area (Å²) >= 11 is 0. The van der Waals surface area contributed by atoms with Gasteiger partial charge in [0.25, 0.3) is 0 Å². The molecule has 1 aliphatic heterocycles. The summed E-state index contributed by atoms with van der Waals surface area (Å²) in [5, 5.41) is 12.1. The number of esters is 1. The van der Waals surface area contributed by atoms with Crippen LogP contribution < -0.4 is 5.32 Å². The molecule has 0 unspecified atom stereocenters. The molecule has 1 saturated heterocycles. The van der Waals surface area contributed by atoms with Crippen LogP contribution in [0.4, 0.5) is 10.1 Å². The average Bonchev–Trinajstić information content (AvgIpc) is 2.82. The molecular weight excluding hydrogens is 427 g/mol. The lowest BCUT2D eigenvalue weighted by Gasteiger charge is -2.26. The van der Waals surface area contributed by atoms with Crippen molar-refractivity contribution in [2.75, 3.05) is 44.8 Å². The molecule has 2 aromatic carbocycles. The standard InChI is InChI=1S/C25H29FN2O5/c1-2-33-25(31)22(16-27-20-5-3-4-18(14-20)8-11-29)24(30)21-15-19(6-7-23(21)26)17-28-9-12-32-13-10-28/h3-7,14-16,27,29H,2,8-13,17H2,1H3/b22-16-. The summed E-state index contributed by atoms with van der Waals surface area (Å²) in [6, 6.07) is 11.6. The van der Waals surface area contributed by atoms with Crippen LogP contribution in [0.25, 0.3) is 0 Å². The Morgan fingerprint density at radius 3 is 2.70 bits per heavy atom. The maximum atomic E-state index is 14.6. The number of hydrogen-bond acceptors (Lipinski definition) is 7. The Hall–Kier alpha value is -3.07. The van der Waals surface area contributed by atoms with Gasteiger partial charge in [0.05, 0.1) is 25.4 Å². The fraction of sp³-hybridized carbons (Fsp3) is 0.360. The maximum absolute atomic E-state index is 14.6. The highest BCUT2D eigenvalue weighted by molar-refractivity contribution is 6.24. The van der Waals surface area contributed by atoms with Gasteiger partial charge in [-0.3, -0.25) is 9.69 Å². The molecule has 2 N–H and O–H groups in total. The van der Waals surface area contributed by atoms with Gasteiger partial charge in [-0.05, 0) is 48.7 Å². The monoisotopic (exact) mass is 456 g/mol. The van der Waals surface area contributed by atoms with E-state index in [1.807, 2.05) is 6.07 Å². The van der Waals surface area contributed by atoms with Crippen molar-refractivity contribution >= 4 is 17.4 Å². The van der Waals surface area contributed by atoms with Crippen molar-refractivity contribution in [3.05, 3.63) is 76.7 Å². The van der Waals surface area contributed by atoms with Gasteiger partial charge in [-0.25, -0.2) is 9.18 Å². The van der Waals surface area contributed by atoms with Gasteiger partial charge >= 0.3 is 5.97 Å². The van der Waals surface area contributed by atoms with Gasteiger partial charge < -0.3 is 19.9 Å². The zero-order valence-electron chi connectivity index (χ0n) is 18.7. The van der Waals surface area contributed by atoms with Crippen LogP contribution in [0, 0.1) is 5.82 Å². The lowest BCUT2D eigenvalue weighted by Crippen LogP contribution is -2.35. The zero-order chi connectivity index (χ0) is 23.6. The topological polar surface area (TPSA) is 88.1 Å². The number of ketones is 1. The first-order valence-electron chi connectivity index (χ1n) is 11.0. The molecule has 1 aliphatic rings. The Kier molecular flexibility index (Phi) is 9.12. The van der Waals surface area contributed by atoms with Crippen molar-refractivity contribution in [1.29, 1.82) is 0 Å². The van der Waals surface area contributed by atoms with E-state index in [-0.39, 0.29) is 24.4 Å². The van der Waals surface area contributed by atoms with Crippen molar-refractivity contribution in [3.63, 3.8) is 0 Å². The second-order valence-corrected chi connectivity index (χ2v) is 7.63. The van der Waals surface area contributed by atoms with Gasteiger partial charge in [-0.1, -0.05) is 18.2 Å². The molecule has 3 rings (SSSR count). The van der Waals surface area contributed by atoms with Gasteiger partial charge in [0, 0.05) is 38.1 Å². The highest BCUT2D eigenvalue weighted by atomic mass is 19.1. The summed E-state index contributed by atoms with van der Waals surface area (Å²) in [5.74, 6) is -2.29. The van der Waals surface area contributed by atoms with Gasteiger partial charge in [0.15, 0.2) is 0 Å².